The molecule has 1 aromatic carbocycles. The normalized spacial score (nSPS) is 11.6. The summed E-state index contributed by atoms with van der Waals surface area (Å²) in [6.45, 7) is 14.6. The van der Waals surface area contributed by atoms with Crippen LogP contribution in [0.1, 0.15) is 64.0 Å². The molecule has 0 bridgehead atoms. The third kappa shape index (κ3) is 3.73. The molecule has 0 saturated heterocycles. The number of benzene rings is 1. The minimum Gasteiger partial charge on any atom is -0.0733 e. The molecule has 0 aliphatic rings. The summed E-state index contributed by atoms with van der Waals surface area (Å²) in [5.74, 6) is 0. The first-order valence-corrected chi connectivity index (χ1v) is 7.19. The molecule has 0 atom stereocenters. The molecule has 1 rings (SSSR count). The molecule has 0 aromatic heterocycles. The third-order valence-corrected chi connectivity index (χ3v) is 4.21. The van der Waals surface area contributed by atoms with Crippen molar-refractivity contribution in [2.24, 2.45) is 0 Å². The van der Waals surface area contributed by atoms with E-state index in [2.05, 4.69) is 45.0 Å². The van der Waals surface area contributed by atoms with Crippen molar-refractivity contribution >= 4 is 0 Å². The number of rotatable bonds is 7. The van der Waals surface area contributed by atoms with Crippen molar-refractivity contribution in [2.75, 3.05) is 0 Å². The van der Waals surface area contributed by atoms with Crippen molar-refractivity contribution < 1.29 is 0 Å². The lowest BCUT2D eigenvalue weighted by Crippen LogP contribution is -2.24. The summed E-state index contributed by atoms with van der Waals surface area (Å²) in [4.78, 5) is 0. The van der Waals surface area contributed by atoms with Crippen LogP contribution in [0, 0.1) is 13.5 Å². The Morgan fingerprint density at radius 2 is 1.89 bits per heavy atom. The Balaban J connectivity index is 2.88. The van der Waals surface area contributed by atoms with Crippen molar-refractivity contribution in [2.45, 2.75) is 65.2 Å². The van der Waals surface area contributed by atoms with Crippen LogP contribution >= 0.6 is 0 Å². The van der Waals surface area contributed by atoms with Gasteiger partial charge < -0.3 is 0 Å². The van der Waals surface area contributed by atoms with Gasteiger partial charge in [0.05, 0.1) is 0 Å². The topological polar surface area (TPSA) is 0 Å². The third-order valence-electron chi connectivity index (χ3n) is 4.21. The fourth-order valence-corrected chi connectivity index (χ4v) is 2.84. The number of aryl methyl sites for hydroxylation is 1. The minimum atomic E-state index is 0.335. The zero-order chi connectivity index (χ0) is 13.6. The fourth-order valence-electron chi connectivity index (χ4n) is 2.84. The summed E-state index contributed by atoms with van der Waals surface area (Å²) in [5.41, 5.74) is 4.25. The van der Waals surface area contributed by atoms with E-state index in [0.717, 1.165) is 12.0 Å². The highest BCUT2D eigenvalue weighted by molar-refractivity contribution is 5.29. The maximum absolute atomic E-state index is 5.78. The van der Waals surface area contributed by atoms with Gasteiger partial charge in [-0.15, -0.1) is 0 Å². The SMILES string of the molecule is [CH]=C(C)CCCC(CC)(CC)c1cccc(C)c1. The molecule has 0 nitrogen and oxygen atoms in total. The van der Waals surface area contributed by atoms with Gasteiger partial charge in [-0.05, 0) is 56.9 Å². The van der Waals surface area contributed by atoms with Gasteiger partial charge in [0.1, 0.15) is 0 Å². The molecule has 0 heteroatoms. The predicted molar refractivity (Wildman–Crippen MR) is 80.8 cm³/mol. The Labute approximate surface area is 113 Å². The fraction of sp³-hybridized carbons (Fsp3) is 0.556. The lowest BCUT2D eigenvalue weighted by atomic mass is 9.72. The quantitative estimate of drug-likeness (QED) is 0.584. The van der Waals surface area contributed by atoms with E-state index in [9.17, 15) is 0 Å². The molecule has 0 amide bonds. The van der Waals surface area contributed by atoms with Gasteiger partial charge >= 0.3 is 0 Å². The van der Waals surface area contributed by atoms with Gasteiger partial charge in [0.25, 0.3) is 0 Å². The number of hydrogen-bond donors (Lipinski definition) is 0. The monoisotopic (exact) mass is 243 g/mol. The van der Waals surface area contributed by atoms with E-state index in [1.807, 2.05) is 6.92 Å². The van der Waals surface area contributed by atoms with E-state index in [4.69, 9.17) is 6.58 Å². The molecule has 18 heavy (non-hydrogen) atoms. The summed E-state index contributed by atoms with van der Waals surface area (Å²) in [7, 11) is 0. The Morgan fingerprint density at radius 3 is 2.39 bits per heavy atom. The average Bonchev–Trinajstić information content (AvgIpc) is 2.35. The van der Waals surface area contributed by atoms with E-state index < -0.39 is 0 Å². The second kappa shape index (κ2) is 6.78. The van der Waals surface area contributed by atoms with Gasteiger partial charge in [-0.2, -0.15) is 0 Å². The van der Waals surface area contributed by atoms with Gasteiger partial charge in [-0.3, -0.25) is 0 Å². The summed E-state index contributed by atoms with van der Waals surface area (Å²) >= 11 is 0. The molecule has 0 N–H and O–H groups in total. The van der Waals surface area contributed by atoms with E-state index in [0.29, 0.717) is 5.41 Å². The van der Waals surface area contributed by atoms with E-state index in [1.165, 1.54) is 36.8 Å². The highest BCUT2D eigenvalue weighted by Gasteiger charge is 2.27. The molecule has 0 aliphatic carbocycles. The highest BCUT2D eigenvalue weighted by Crippen LogP contribution is 2.37. The van der Waals surface area contributed by atoms with Crippen LogP contribution in [0.5, 0.6) is 0 Å². The van der Waals surface area contributed by atoms with Crippen LogP contribution in [0.25, 0.3) is 0 Å². The summed E-state index contributed by atoms with van der Waals surface area (Å²) in [6.07, 6.45) is 5.89. The van der Waals surface area contributed by atoms with Gasteiger partial charge in [-0.25, -0.2) is 0 Å². The Kier molecular flexibility index (Phi) is 5.65. The van der Waals surface area contributed by atoms with Crippen LogP contribution in [-0.2, 0) is 5.41 Å². The lowest BCUT2D eigenvalue weighted by molar-refractivity contribution is 0.355. The molecule has 1 radical (unpaired) electrons. The van der Waals surface area contributed by atoms with Crippen LogP contribution in [0.15, 0.2) is 29.8 Å². The van der Waals surface area contributed by atoms with E-state index >= 15 is 0 Å². The van der Waals surface area contributed by atoms with Crippen molar-refractivity contribution in [3.05, 3.63) is 47.5 Å². The second-order valence-electron chi connectivity index (χ2n) is 5.56. The molecule has 1 aromatic rings. The minimum absolute atomic E-state index is 0.335. The lowest BCUT2D eigenvalue weighted by Gasteiger charge is -2.33. The molecule has 0 aliphatic heterocycles. The summed E-state index contributed by atoms with van der Waals surface area (Å²) < 4.78 is 0. The molecule has 0 fully saturated rings. The van der Waals surface area contributed by atoms with E-state index in [-0.39, 0.29) is 0 Å². The zero-order valence-electron chi connectivity index (χ0n) is 12.4. The molecule has 0 saturated carbocycles. The number of allylic oxidation sites excluding steroid dienone is 1. The molecule has 0 spiro atoms. The number of hydrogen-bond acceptors (Lipinski definition) is 0. The first-order chi connectivity index (χ1) is 8.54. The van der Waals surface area contributed by atoms with Crippen molar-refractivity contribution in [1.29, 1.82) is 0 Å². The van der Waals surface area contributed by atoms with Crippen molar-refractivity contribution in [1.82, 2.24) is 0 Å². The van der Waals surface area contributed by atoms with Crippen molar-refractivity contribution in [3.63, 3.8) is 0 Å². The molecule has 99 valence electrons. The maximum atomic E-state index is 5.78. The maximum Gasteiger partial charge on any atom is -0.00520 e. The Hall–Kier alpha value is -1.04. The first kappa shape index (κ1) is 15.0. The van der Waals surface area contributed by atoms with Crippen LogP contribution in [0.4, 0.5) is 0 Å². The molecular weight excluding hydrogens is 216 g/mol. The first-order valence-electron chi connectivity index (χ1n) is 7.19. The predicted octanol–water partition coefficient (Wildman–Crippen LogP) is 5.60. The van der Waals surface area contributed by atoms with Gasteiger partial charge in [0.2, 0.25) is 0 Å². The van der Waals surface area contributed by atoms with Crippen LogP contribution < -0.4 is 0 Å². The second-order valence-corrected chi connectivity index (χ2v) is 5.56. The largest absolute Gasteiger partial charge is 0.0733 e. The van der Waals surface area contributed by atoms with Crippen LogP contribution in [0.3, 0.4) is 0 Å². The summed E-state index contributed by atoms with van der Waals surface area (Å²) in [6, 6.07) is 9.01. The molecule has 0 heterocycles. The van der Waals surface area contributed by atoms with Crippen LogP contribution in [0.2, 0.25) is 0 Å². The zero-order valence-corrected chi connectivity index (χ0v) is 12.4. The van der Waals surface area contributed by atoms with Gasteiger partial charge in [-0.1, -0.05) is 55.8 Å². The smallest absolute Gasteiger partial charge is 0.00520 e. The Bertz CT molecular complexity index is 383. The van der Waals surface area contributed by atoms with Gasteiger partial charge in [0, 0.05) is 0 Å². The molecular formula is C18H27. The highest BCUT2D eigenvalue weighted by atomic mass is 14.3. The standard InChI is InChI=1S/C18H27/c1-6-18(7-2,13-9-10-15(3)4)17-12-8-11-16(5)14-17/h3,8,11-12,14H,6-7,9-10,13H2,1-2,4-5H3. The Morgan fingerprint density at radius 1 is 1.22 bits per heavy atom. The van der Waals surface area contributed by atoms with Gasteiger partial charge in [0.15, 0.2) is 0 Å². The summed E-state index contributed by atoms with van der Waals surface area (Å²) in [5, 5.41) is 0. The molecule has 0 unspecified atom stereocenters. The average molecular weight is 243 g/mol. The van der Waals surface area contributed by atoms with Crippen LogP contribution in [-0.4, -0.2) is 0 Å². The van der Waals surface area contributed by atoms with E-state index in [1.54, 1.807) is 0 Å². The van der Waals surface area contributed by atoms with Crippen molar-refractivity contribution in [3.8, 4) is 0 Å².